The smallest absolute Gasteiger partial charge is 0.157 e. The zero-order valence-electron chi connectivity index (χ0n) is 12.3. The van der Waals surface area contributed by atoms with E-state index in [1.54, 1.807) is 0 Å². The van der Waals surface area contributed by atoms with Gasteiger partial charge in [0, 0.05) is 13.2 Å². The molecule has 0 aliphatic carbocycles. The molecule has 2 atom stereocenters. The second-order valence-electron chi connectivity index (χ2n) is 5.44. The van der Waals surface area contributed by atoms with Crippen molar-refractivity contribution in [1.29, 1.82) is 0 Å². The fraction of sp³-hybridized carbons (Fsp3) is 0.556. The van der Waals surface area contributed by atoms with Crippen LogP contribution in [0.3, 0.4) is 0 Å². The standard InChI is InChI=1S/C18H26O2/c1-2-9-16(17-10-4-3-5-11-17)12-8-15-20-18-13-6-7-14-19-18/h2-5,10-11,16,18H,1,6-9,12-15H2. The molecule has 1 heterocycles. The van der Waals surface area contributed by atoms with Gasteiger partial charge in [-0.2, -0.15) is 0 Å². The van der Waals surface area contributed by atoms with Crippen LogP contribution < -0.4 is 0 Å². The Bertz CT molecular complexity index is 368. The van der Waals surface area contributed by atoms with Crippen LogP contribution in [0.15, 0.2) is 43.0 Å². The van der Waals surface area contributed by atoms with Crippen molar-refractivity contribution in [3.05, 3.63) is 48.6 Å². The van der Waals surface area contributed by atoms with Crippen LogP contribution in [-0.4, -0.2) is 19.5 Å². The fourth-order valence-corrected chi connectivity index (χ4v) is 2.73. The Morgan fingerprint density at radius 1 is 1.30 bits per heavy atom. The van der Waals surface area contributed by atoms with Crippen molar-refractivity contribution < 1.29 is 9.47 Å². The van der Waals surface area contributed by atoms with E-state index in [1.807, 2.05) is 6.08 Å². The van der Waals surface area contributed by atoms with Crippen LogP contribution in [0.5, 0.6) is 0 Å². The summed E-state index contributed by atoms with van der Waals surface area (Å²) in [5.41, 5.74) is 1.40. The summed E-state index contributed by atoms with van der Waals surface area (Å²) in [5.74, 6) is 0.560. The highest BCUT2D eigenvalue weighted by Crippen LogP contribution is 2.25. The lowest BCUT2D eigenvalue weighted by Gasteiger charge is -2.23. The van der Waals surface area contributed by atoms with Crippen LogP contribution in [0.2, 0.25) is 0 Å². The van der Waals surface area contributed by atoms with Gasteiger partial charge in [-0.05, 0) is 50.0 Å². The van der Waals surface area contributed by atoms with Gasteiger partial charge in [-0.15, -0.1) is 6.58 Å². The molecule has 0 N–H and O–H groups in total. The predicted molar refractivity (Wildman–Crippen MR) is 82.8 cm³/mol. The number of benzene rings is 1. The van der Waals surface area contributed by atoms with E-state index in [1.165, 1.54) is 18.4 Å². The first-order valence-electron chi connectivity index (χ1n) is 7.79. The highest BCUT2D eigenvalue weighted by molar-refractivity contribution is 5.20. The van der Waals surface area contributed by atoms with Gasteiger partial charge in [0.2, 0.25) is 0 Å². The molecule has 0 spiro atoms. The van der Waals surface area contributed by atoms with E-state index in [4.69, 9.17) is 9.47 Å². The van der Waals surface area contributed by atoms with Gasteiger partial charge < -0.3 is 9.47 Å². The minimum absolute atomic E-state index is 0.0401. The van der Waals surface area contributed by atoms with Crippen molar-refractivity contribution in [2.24, 2.45) is 0 Å². The maximum atomic E-state index is 5.80. The number of allylic oxidation sites excluding steroid dienone is 1. The van der Waals surface area contributed by atoms with E-state index in [0.717, 1.165) is 38.9 Å². The summed E-state index contributed by atoms with van der Waals surface area (Å²) < 4.78 is 11.4. The van der Waals surface area contributed by atoms with Gasteiger partial charge in [0.1, 0.15) is 0 Å². The van der Waals surface area contributed by atoms with E-state index >= 15 is 0 Å². The summed E-state index contributed by atoms with van der Waals surface area (Å²) in [6.07, 6.45) is 8.76. The maximum absolute atomic E-state index is 5.80. The fourth-order valence-electron chi connectivity index (χ4n) is 2.73. The van der Waals surface area contributed by atoms with E-state index < -0.39 is 0 Å². The monoisotopic (exact) mass is 274 g/mol. The second kappa shape index (κ2) is 8.93. The van der Waals surface area contributed by atoms with E-state index in [9.17, 15) is 0 Å². The van der Waals surface area contributed by atoms with E-state index in [0.29, 0.717) is 5.92 Å². The Hall–Kier alpha value is -1.12. The van der Waals surface area contributed by atoms with E-state index in [2.05, 4.69) is 36.9 Å². The van der Waals surface area contributed by atoms with Crippen LogP contribution in [0.25, 0.3) is 0 Å². The Balaban J connectivity index is 1.70. The zero-order chi connectivity index (χ0) is 14.0. The molecule has 2 rings (SSSR count). The first kappa shape index (κ1) is 15.3. The molecule has 2 unspecified atom stereocenters. The van der Waals surface area contributed by atoms with Gasteiger partial charge >= 0.3 is 0 Å². The lowest BCUT2D eigenvalue weighted by molar-refractivity contribution is -0.162. The third-order valence-corrected chi connectivity index (χ3v) is 3.86. The largest absolute Gasteiger partial charge is 0.353 e. The van der Waals surface area contributed by atoms with Crippen LogP contribution in [-0.2, 0) is 9.47 Å². The van der Waals surface area contributed by atoms with Crippen LogP contribution in [0.4, 0.5) is 0 Å². The van der Waals surface area contributed by atoms with E-state index in [-0.39, 0.29) is 6.29 Å². The SMILES string of the molecule is C=CCC(CCCOC1CCCCO1)c1ccccc1. The highest BCUT2D eigenvalue weighted by Gasteiger charge is 2.14. The average Bonchev–Trinajstić information content (AvgIpc) is 2.52. The quantitative estimate of drug-likeness (QED) is 0.506. The average molecular weight is 274 g/mol. The topological polar surface area (TPSA) is 18.5 Å². The first-order chi connectivity index (χ1) is 9.90. The van der Waals surface area contributed by atoms with Gasteiger partial charge in [-0.3, -0.25) is 0 Å². The summed E-state index contributed by atoms with van der Waals surface area (Å²) in [7, 11) is 0. The number of hydrogen-bond donors (Lipinski definition) is 0. The van der Waals surface area contributed by atoms with Crippen molar-refractivity contribution in [1.82, 2.24) is 0 Å². The highest BCUT2D eigenvalue weighted by atomic mass is 16.7. The third kappa shape index (κ3) is 5.10. The lowest BCUT2D eigenvalue weighted by atomic mass is 9.91. The van der Waals surface area contributed by atoms with Crippen molar-refractivity contribution in [2.45, 2.75) is 50.7 Å². The molecule has 0 aromatic heterocycles. The van der Waals surface area contributed by atoms with Crippen LogP contribution in [0.1, 0.15) is 50.0 Å². The Labute approximate surface area is 122 Å². The molecule has 1 aromatic carbocycles. The molecular weight excluding hydrogens is 248 g/mol. The Kier molecular flexibility index (Phi) is 6.82. The van der Waals surface area contributed by atoms with Gasteiger partial charge in [0.25, 0.3) is 0 Å². The molecule has 1 aliphatic rings. The van der Waals surface area contributed by atoms with Crippen LogP contribution >= 0.6 is 0 Å². The first-order valence-corrected chi connectivity index (χ1v) is 7.79. The Morgan fingerprint density at radius 3 is 2.85 bits per heavy atom. The van der Waals surface area contributed by atoms with Crippen LogP contribution in [0, 0.1) is 0 Å². The molecule has 1 fully saturated rings. The molecule has 2 nitrogen and oxygen atoms in total. The molecule has 1 aromatic rings. The molecular formula is C18H26O2. The van der Waals surface area contributed by atoms with Crippen molar-refractivity contribution in [2.75, 3.05) is 13.2 Å². The molecule has 1 aliphatic heterocycles. The summed E-state index contributed by atoms with van der Waals surface area (Å²) in [6.45, 7) is 5.53. The molecule has 110 valence electrons. The number of rotatable bonds is 8. The molecule has 0 radical (unpaired) electrons. The van der Waals surface area contributed by atoms with Gasteiger partial charge in [-0.1, -0.05) is 36.4 Å². The second-order valence-corrected chi connectivity index (χ2v) is 5.44. The van der Waals surface area contributed by atoms with Crippen molar-refractivity contribution >= 4 is 0 Å². The summed E-state index contributed by atoms with van der Waals surface area (Å²) >= 11 is 0. The molecule has 20 heavy (non-hydrogen) atoms. The lowest BCUT2D eigenvalue weighted by Crippen LogP contribution is -2.22. The maximum Gasteiger partial charge on any atom is 0.157 e. The minimum atomic E-state index is 0.0401. The van der Waals surface area contributed by atoms with Gasteiger partial charge in [0.05, 0.1) is 0 Å². The van der Waals surface area contributed by atoms with Crippen molar-refractivity contribution in [3.8, 4) is 0 Å². The van der Waals surface area contributed by atoms with Gasteiger partial charge in [0.15, 0.2) is 6.29 Å². The normalized spacial score (nSPS) is 20.5. The molecule has 1 saturated heterocycles. The Morgan fingerprint density at radius 2 is 2.15 bits per heavy atom. The number of hydrogen-bond acceptors (Lipinski definition) is 2. The summed E-state index contributed by atoms with van der Waals surface area (Å²) in [4.78, 5) is 0. The van der Waals surface area contributed by atoms with Gasteiger partial charge in [-0.25, -0.2) is 0 Å². The third-order valence-electron chi connectivity index (χ3n) is 3.86. The minimum Gasteiger partial charge on any atom is -0.353 e. The summed E-state index contributed by atoms with van der Waals surface area (Å²) in [5, 5.41) is 0. The molecule has 0 bridgehead atoms. The van der Waals surface area contributed by atoms with Crippen molar-refractivity contribution in [3.63, 3.8) is 0 Å². The molecule has 0 saturated carbocycles. The number of ether oxygens (including phenoxy) is 2. The molecule has 0 amide bonds. The summed E-state index contributed by atoms with van der Waals surface area (Å²) in [6, 6.07) is 10.7. The predicted octanol–water partition coefficient (Wildman–Crippen LogP) is 4.67. The zero-order valence-corrected chi connectivity index (χ0v) is 12.3. The molecule has 2 heteroatoms.